The minimum absolute atomic E-state index is 0. The second kappa shape index (κ2) is 5.75. The van der Waals surface area contributed by atoms with Gasteiger partial charge in [-0.3, -0.25) is 0 Å². The van der Waals surface area contributed by atoms with Gasteiger partial charge in [0.15, 0.2) is 0 Å². The molecular formula is C7H15Cl2SiZr. The Morgan fingerprint density at radius 2 is 1.91 bits per heavy atom. The number of allylic oxidation sites excluding steroid dienone is 4. The summed E-state index contributed by atoms with van der Waals surface area (Å²) in [4.78, 5) is 0. The number of rotatable bonds is 1. The van der Waals surface area contributed by atoms with Crippen LogP contribution in [0, 0.1) is 0 Å². The number of hydrogen-bond donors (Lipinski definition) is 0. The Morgan fingerprint density at radius 1 is 1.36 bits per heavy atom. The molecule has 0 radical (unpaired) electrons. The Hall–Kier alpha value is 1.16. The van der Waals surface area contributed by atoms with Crippen LogP contribution >= 0.6 is 24.8 Å². The van der Waals surface area contributed by atoms with Crippen molar-refractivity contribution < 1.29 is 18.9 Å². The molecule has 0 heterocycles. The van der Waals surface area contributed by atoms with Crippen molar-refractivity contribution in [1.29, 1.82) is 0 Å². The van der Waals surface area contributed by atoms with Gasteiger partial charge in [-0.2, -0.15) is 0 Å². The second-order valence-corrected chi connectivity index (χ2v) is 24.5. The molecule has 0 spiro atoms. The molecular weight excluding hydrogens is 274 g/mol. The van der Waals surface area contributed by atoms with Gasteiger partial charge in [0, 0.05) is 0 Å². The third-order valence-corrected chi connectivity index (χ3v) is 9.51. The zero-order valence-corrected chi connectivity index (χ0v) is 12.5. The Labute approximate surface area is 87.1 Å². The quantitative estimate of drug-likeness (QED) is 0.651. The van der Waals surface area contributed by atoms with Crippen molar-refractivity contribution in [2.24, 2.45) is 0 Å². The van der Waals surface area contributed by atoms with Gasteiger partial charge in [0.25, 0.3) is 0 Å². The number of hydrogen-bond acceptors (Lipinski definition) is 0. The predicted octanol–water partition coefficient (Wildman–Crippen LogP) is 2.47. The SMILES string of the molecule is Cl.Cl.[CH3][Zr]([CH3])(=[SiH2])[C]1=CC=CC1. The topological polar surface area (TPSA) is 0 Å². The van der Waals surface area contributed by atoms with E-state index in [-0.39, 0.29) is 24.8 Å². The van der Waals surface area contributed by atoms with Crippen molar-refractivity contribution in [3.05, 3.63) is 21.5 Å². The van der Waals surface area contributed by atoms with Crippen molar-refractivity contribution in [2.75, 3.05) is 0 Å². The van der Waals surface area contributed by atoms with Crippen molar-refractivity contribution in [2.45, 2.75) is 15.7 Å². The van der Waals surface area contributed by atoms with E-state index in [0.717, 1.165) is 0 Å². The van der Waals surface area contributed by atoms with Crippen LogP contribution in [0.2, 0.25) is 9.26 Å². The monoisotopic (exact) mass is 287 g/mol. The second-order valence-electron chi connectivity index (χ2n) is 3.21. The van der Waals surface area contributed by atoms with E-state index in [1.54, 1.807) is 3.28 Å². The molecule has 0 aromatic carbocycles. The maximum atomic E-state index is 2.48. The van der Waals surface area contributed by atoms with Gasteiger partial charge in [-0.1, -0.05) is 0 Å². The average Bonchev–Trinajstić information content (AvgIpc) is 2.08. The zero-order valence-electron chi connectivity index (χ0n) is 6.96. The fraction of sp³-hybridized carbons (Fsp3) is 0.429. The van der Waals surface area contributed by atoms with Crippen molar-refractivity contribution >= 4 is 31.7 Å². The zero-order chi connectivity index (χ0) is 6.91. The summed E-state index contributed by atoms with van der Waals surface area (Å²) in [5, 5.41) is 0. The first kappa shape index (κ1) is 14.7. The van der Waals surface area contributed by atoms with Crippen LogP contribution in [0.5, 0.6) is 0 Å². The Balaban J connectivity index is 0. The average molecular weight is 289 g/mol. The molecule has 0 aromatic rings. The van der Waals surface area contributed by atoms with E-state index >= 15 is 0 Å². The Bertz CT molecular complexity index is 214. The summed E-state index contributed by atoms with van der Waals surface area (Å²) < 4.78 is 6.72. The van der Waals surface area contributed by atoms with E-state index in [4.69, 9.17) is 0 Å². The first-order valence-corrected chi connectivity index (χ1v) is 15.4. The predicted molar refractivity (Wildman–Crippen MR) is 56.6 cm³/mol. The fourth-order valence-corrected chi connectivity index (χ4v) is 5.49. The van der Waals surface area contributed by atoms with E-state index in [0.29, 0.717) is 0 Å². The molecule has 11 heavy (non-hydrogen) atoms. The molecule has 0 unspecified atom stereocenters. The van der Waals surface area contributed by atoms with E-state index in [1.165, 1.54) is 6.42 Å². The van der Waals surface area contributed by atoms with Crippen LogP contribution in [-0.4, -0.2) is 6.88 Å². The van der Waals surface area contributed by atoms with Gasteiger partial charge in [0.05, 0.1) is 0 Å². The van der Waals surface area contributed by atoms with E-state index in [9.17, 15) is 0 Å². The molecule has 0 aromatic heterocycles. The third-order valence-electron chi connectivity index (χ3n) is 1.64. The minimum atomic E-state index is -1.57. The standard InChI is InChI=1S/C5H5.2CH3.2ClH.H2Si.Zr/c1-2-4-5-3-1;;;;;;/h1-3H,4H2;2*1H3;2*1H;1H2;. The Kier molecular flexibility index (Phi) is 7.66. The molecule has 65 valence electrons. The molecule has 0 saturated heterocycles. The molecule has 0 saturated carbocycles. The van der Waals surface area contributed by atoms with E-state index in [2.05, 4.69) is 34.4 Å². The molecule has 0 fully saturated rings. The number of halogens is 2. The van der Waals surface area contributed by atoms with E-state index < -0.39 is 18.9 Å². The molecule has 0 bridgehead atoms. The summed E-state index contributed by atoms with van der Waals surface area (Å²) in [5.74, 6) is 0. The van der Waals surface area contributed by atoms with Gasteiger partial charge < -0.3 is 0 Å². The molecule has 1 aliphatic carbocycles. The van der Waals surface area contributed by atoms with Crippen LogP contribution < -0.4 is 0 Å². The first-order chi connectivity index (χ1) is 4.11. The van der Waals surface area contributed by atoms with Crippen LogP contribution in [0.25, 0.3) is 0 Å². The summed E-state index contributed by atoms with van der Waals surface area (Å²) in [6, 6.07) is 0. The molecule has 0 atom stereocenters. The van der Waals surface area contributed by atoms with Crippen LogP contribution in [0.3, 0.4) is 0 Å². The Morgan fingerprint density at radius 3 is 2.09 bits per heavy atom. The summed E-state index contributed by atoms with van der Waals surface area (Å²) in [7, 11) is 0. The van der Waals surface area contributed by atoms with Gasteiger partial charge in [-0.05, 0) is 0 Å². The summed E-state index contributed by atoms with van der Waals surface area (Å²) in [6.45, 7) is 2.27. The van der Waals surface area contributed by atoms with Crippen LogP contribution in [-0.2, 0) is 18.9 Å². The molecule has 0 N–H and O–H groups in total. The molecule has 0 aliphatic heterocycles. The molecule has 4 heteroatoms. The summed E-state index contributed by atoms with van der Waals surface area (Å²) >= 11 is -1.57. The van der Waals surface area contributed by atoms with Crippen molar-refractivity contribution in [3.8, 4) is 0 Å². The normalized spacial score (nSPS) is 14.9. The van der Waals surface area contributed by atoms with Gasteiger partial charge >= 0.3 is 63.0 Å². The van der Waals surface area contributed by atoms with Crippen molar-refractivity contribution in [1.82, 2.24) is 0 Å². The maximum absolute atomic E-state index is 2.48. The van der Waals surface area contributed by atoms with Crippen LogP contribution in [0.15, 0.2) is 21.5 Å². The van der Waals surface area contributed by atoms with Gasteiger partial charge in [-0.25, -0.2) is 0 Å². The summed E-state index contributed by atoms with van der Waals surface area (Å²) in [5.41, 5.74) is 0. The summed E-state index contributed by atoms with van der Waals surface area (Å²) in [6.07, 6.45) is 8.04. The van der Waals surface area contributed by atoms with Crippen molar-refractivity contribution in [3.63, 3.8) is 0 Å². The fourth-order valence-electron chi connectivity index (χ4n) is 0.949. The van der Waals surface area contributed by atoms with Crippen LogP contribution in [0.4, 0.5) is 0 Å². The van der Waals surface area contributed by atoms with E-state index in [1.807, 2.05) is 0 Å². The molecule has 0 amide bonds. The van der Waals surface area contributed by atoms with Gasteiger partial charge in [-0.15, -0.1) is 24.8 Å². The van der Waals surface area contributed by atoms with Gasteiger partial charge in [0.2, 0.25) is 0 Å². The van der Waals surface area contributed by atoms with Crippen LogP contribution in [0.1, 0.15) is 6.42 Å². The molecule has 1 aliphatic rings. The molecule has 1 rings (SSSR count). The first-order valence-electron chi connectivity index (χ1n) is 3.32. The third kappa shape index (κ3) is 4.67. The molecule has 0 nitrogen and oxygen atoms in total. The van der Waals surface area contributed by atoms with Gasteiger partial charge in [0.1, 0.15) is 0 Å².